The van der Waals surface area contributed by atoms with Gasteiger partial charge in [-0.15, -0.1) is 22.7 Å². The molecule has 4 unspecified atom stereocenters. The van der Waals surface area contributed by atoms with Gasteiger partial charge in [-0.2, -0.15) is 17.5 Å². The van der Waals surface area contributed by atoms with Gasteiger partial charge in [0.05, 0.1) is 34.5 Å². The van der Waals surface area contributed by atoms with Gasteiger partial charge in [-0.25, -0.2) is 19.6 Å². The van der Waals surface area contributed by atoms with Gasteiger partial charge in [0.1, 0.15) is 33.5 Å². The van der Waals surface area contributed by atoms with Crippen LogP contribution in [0.15, 0.2) is 170 Å². The molecule has 0 radical (unpaired) electrons. The van der Waals surface area contributed by atoms with Crippen LogP contribution in [0.5, 0.6) is 0 Å². The van der Waals surface area contributed by atoms with E-state index in [0.717, 1.165) is 75.0 Å². The zero-order valence-electron chi connectivity index (χ0n) is 44.6. The maximum atomic E-state index is 13.0. The molecule has 12 nitrogen and oxygen atoms in total. The van der Waals surface area contributed by atoms with Gasteiger partial charge < -0.3 is 20.0 Å². The molecule has 2 saturated carbocycles. The zero-order chi connectivity index (χ0) is 55.9. The molecule has 0 spiro atoms. The van der Waals surface area contributed by atoms with Crippen LogP contribution >= 0.6 is 46.1 Å². The normalized spacial score (nSPS) is 17.9. The minimum absolute atomic E-state index is 0.179. The summed E-state index contributed by atoms with van der Waals surface area (Å²) in [4.78, 5) is 44.0. The molecule has 0 bridgehead atoms. The third-order valence-corrected chi connectivity index (χ3v) is 21.4. The lowest BCUT2D eigenvalue weighted by molar-refractivity contribution is 0.0680. The van der Waals surface area contributed by atoms with Gasteiger partial charge in [0.2, 0.25) is 0 Å². The Kier molecular flexibility index (Phi) is 11.4. The van der Waals surface area contributed by atoms with Crippen LogP contribution in [0.25, 0.3) is 108 Å². The molecule has 2 fully saturated rings. The summed E-state index contributed by atoms with van der Waals surface area (Å²) in [5.74, 6) is -1.38. The smallest absolute Gasteiger partial charge is 0.354 e. The number of benzene rings is 7. The summed E-state index contributed by atoms with van der Waals surface area (Å²) in [5, 5.41) is 22.5. The van der Waals surface area contributed by atoms with Crippen molar-refractivity contribution < 1.29 is 19.8 Å². The number of rotatable bonds is 10. The van der Waals surface area contributed by atoms with Crippen molar-refractivity contribution in [2.24, 2.45) is 0 Å². The first-order chi connectivity index (χ1) is 41.3. The van der Waals surface area contributed by atoms with E-state index in [9.17, 15) is 19.8 Å². The highest BCUT2D eigenvalue weighted by atomic mass is 32.1. The monoisotopic (exact) mass is 1170 g/mol. The van der Waals surface area contributed by atoms with Crippen LogP contribution in [0, 0.1) is 0 Å². The number of fused-ring (bicyclic) bond motifs is 11. The molecule has 17 rings (SSSR count). The third kappa shape index (κ3) is 7.66. The summed E-state index contributed by atoms with van der Waals surface area (Å²) in [6.07, 6.45) is 7.20. The van der Waals surface area contributed by atoms with Crippen LogP contribution in [-0.4, -0.2) is 61.7 Å². The molecular formula is C68H46N8O4S4. The van der Waals surface area contributed by atoms with E-state index in [0.29, 0.717) is 56.9 Å². The number of pyridine rings is 2. The van der Waals surface area contributed by atoms with Gasteiger partial charge in [-0.1, -0.05) is 110 Å². The summed E-state index contributed by atoms with van der Waals surface area (Å²) >= 11 is 5.43. The van der Waals surface area contributed by atoms with Gasteiger partial charge in [-0.3, -0.25) is 0 Å². The summed E-state index contributed by atoms with van der Waals surface area (Å²) < 4.78 is 19.5. The summed E-state index contributed by atoms with van der Waals surface area (Å²) in [7, 11) is 0. The van der Waals surface area contributed by atoms with Gasteiger partial charge in [-0.05, 0) is 121 Å². The SMILES string of the molecule is O=C(O)c1cc(-c2ccc(-c3ccc(-c4ccc5c(c4)N(c4ccccc4)C4CCCC54)c4nsnc34)s2)c2ccc3c(-c4ccc(-c5ccc(-c6ccc7c(c6)N(c6ccccc6)C6CCCC76)c6nsnc56)s4)cc(C(=O)O)nc3c2n1. The molecule has 84 heavy (non-hydrogen) atoms. The topological polar surface area (TPSA) is 158 Å². The number of carboxylic acid groups (broad SMARTS) is 2. The predicted molar refractivity (Wildman–Crippen MR) is 339 cm³/mol. The first-order valence-electron chi connectivity index (χ1n) is 28.2. The van der Waals surface area contributed by atoms with E-state index in [1.54, 1.807) is 12.1 Å². The van der Waals surface area contributed by atoms with Gasteiger partial charge in [0.15, 0.2) is 0 Å². The maximum absolute atomic E-state index is 13.0. The number of carboxylic acids is 2. The van der Waals surface area contributed by atoms with E-state index in [-0.39, 0.29) is 11.4 Å². The lowest BCUT2D eigenvalue weighted by Gasteiger charge is -2.27. The molecule has 8 heterocycles. The molecular weight excluding hydrogens is 1120 g/mol. The Bertz CT molecular complexity index is 4590. The van der Waals surface area contributed by atoms with Crippen molar-refractivity contribution in [2.45, 2.75) is 62.4 Å². The Morgan fingerprint density at radius 2 is 0.798 bits per heavy atom. The standard InChI is InChI=1S/C68H46N8O4S4/c77-67(78)51-33-49(59-29-27-57(81-59)47-25-21-39(63-65(47)73-83-71-63)35-17-19-43-41-13-7-15-53(41)75(55(43)31-35)37-9-3-1-4-10-37)45-23-24-46-50(34-52(68(79)80)70-62(46)61(45)69-51)60-30-28-58(82-60)48-26-22-40(64-66(48)74-84-72-64)36-18-20-44-42-14-8-16-54(42)76(56(44)32-36)38-11-5-2-6-12-38/h1-6,9-12,17-34,41-42,53-54H,7-8,13-16H2,(H,77,78)(H,79,80). The van der Waals surface area contributed by atoms with Gasteiger partial charge >= 0.3 is 11.9 Å². The molecule has 2 aliphatic heterocycles. The Morgan fingerprint density at radius 3 is 1.21 bits per heavy atom. The van der Waals surface area contributed by atoms with Crippen LogP contribution in [0.3, 0.4) is 0 Å². The van der Waals surface area contributed by atoms with Crippen LogP contribution in [-0.2, 0) is 0 Å². The van der Waals surface area contributed by atoms with Crippen molar-refractivity contribution in [3.63, 3.8) is 0 Å². The van der Waals surface area contributed by atoms with Crippen molar-refractivity contribution >= 4 is 125 Å². The lowest BCUT2D eigenvalue weighted by atomic mass is 9.94. The fourth-order valence-electron chi connectivity index (χ4n) is 14.3. The van der Waals surface area contributed by atoms with Crippen molar-refractivity contribution in [3.05, 3.63) is 192 Å². The van der Waals surface area contributed by atoms with Crippen LogP contribution in [0.1, 0.15) is 82.5 Å². The molecule has 406 valence electrons. The Balaban J connectivity index is 0.719. The zero-order valence-corrected chi connectivity index (χ0v) is 47.9. The van der Waals surface area contributed by atoms with E-state index in [1.807, 2.05) is 36.4 Å². The Hall–Kier alpha value is -9.06. The number of hydrogen-bond acceptors (Lipinski definition) is 14. The number of anilines is 4. The quantitative estimate of drug-likeness (QED) is 0.125. The second-order valence-electron chi connectivity index (χ2n) is 22.3. The first-order valence-corrected chi connectivity index (χ1v) is 31.3. The minimum Gasteiger partial charge on any atom is -0.477 e. The molecule has 16 heteroatoms. The van der Waals surface area contributed by atoms with Crippen molar-refractivity contribution in [3.8, 4) is 64.0 Å². The average molecular weight is 1170 g/mol. The largest absolute Gasteiger partial charge is 0.477 e. The van der Waals surface area contributed by atoms with Gasteiger partial charge in [0.25, 0.3) is 0 Å². The maximum Gasteiger partial charge on any atom is 0.354 e. The number of para-hydroxylation sites is 2. The molecule has 0 saturated heterocycles. The summed E-state index contributed by atoms with van der Waals surface area (Å²) in [6.45, 7) is 0. The second-order valence-corrected chi connectivity index (χ2v) is 25.5. The molecule has 0 amide bonds. The van der Waals surface area contributed by atoms with Gasteiger partial charge in [0, 0.05) is 110 Å². The van der Waals surface area contributed by atoms with E-state index < -0.39 is 11.9 Å². The van der Waals surface area contributed by atoms with Crippen molar-refractivity contribution in [1.82, 2.24) is 27.5 Å². The highest BCUT2D eigenvalue weighted by molar-refractivity contribution is 7.19. The Labute approximate surface area is 497 Å². The van der Waals surface area contributed by atoms with Crippen LogP contribution in [0.4, 0.5) is 22.7 Å². The van der Waals surface area contributed by atoms with E-state index in [1.165, 1.54) is 119 Å². The fourth-order valence-corrected chi connectivity index (χ4v) is 17.6. The number of aromatic carboxylic acids is 2. The molecule has 7 aromatic carbocycles. The number of thiophene rings is 2. The van der Waals surface area contributed by atoms with E-state index in [2.05, 4.69) is 131 Å². The molecule has 2 aliphatic carbocycles. The summed E-state index contributed by atoms with van der Waals surface area (Å²) in [5.41, 5.74) is 18.6. The lowest BCUT2D eigenvalue weighted by Crippen LogP contribution is -2.26. The predicted octanol–water partition coefficient (Wildman–Crippen LogP) is 17.9. The van der Waals surface area contributed by atoms with Crippen molar-refractivity contribution in [1.29, 1.82) is 0 Å². The molecule has 4 aliphatic rings. The first kappa shape index (κ1) is 49.5. The highest BCUT2D eigenvalue weighted by Crippen LogP contribution is 2.56. The second kappa shape index (κ2) is 19.3. The summed E-state index contributed by atoms with van der Waals surface area (Å²) in [6, 6.07) is 59.8. The van der Waals surface area contributed by atoms with E-state index >= 15 is 0 Å². The number of carbonyl (C=O) groups is 2. The molecule has 6 aromatic heterocycles. The molecule has 13 aromatic rings. The highest BCUT2D eigenvalue weighted by Gasteiger charge is 2.44. The number of hydrogen-bond donors (Lipinski definition) is 2. The third-order valence-electron chi connectivity index (χ3n) is 18.0. The fraction of sp³-hybridized carbons (Fsp3) is 0.147. The van der Waals surface area contributed by atoms with Crippen LogP contribution in [0.2, 0.25) is 0 Å². The van der Waals surface area contributed by atoms with Crippen LogP contribution < -0.4 is 9.80 Å². The molecule has 2 N–H and O–H groups in total. The number of nitrogens with zero attached hydrogens (tertiary/aromatic N) is 8. The molecule has 4 atom stereocenters. The average Bonchev–Trinajstić information content (AvgIpc) is 3.17. The van der Waals surface area contributed by atoms with Crippen molar-refractivity contribution in [2.75, 3.05) is 9.80 Å². The Morgan fingerprint density at radius 1 is 0.405 bits per heavy atom. The minimum atomic E-state index is -1.21. The number of aromatic nitrogens is 6. The van der Waals surface area contributed by atoms with E-state index in [4.69, 9.17) is 27.5 Å².